The molecule has 0 aliphatic rings. The lowest BCUT2D eigenvalue weighted by Gasteiger charge is -2.14. The first kappa shape index (κ1) is 19.6. The Morgan fingerprint density at radius 3 is 2.27 bits per heavy atom. The molecule has 2 N–H and O–H groups in total. The maximum Gasteiger partial charge on any atom is 0.324 e. The molecule has 0 spiro atoms. The van der Waals surface area contributed by atoms with Gasteiger partial charge in [-0.2, -0.15) is 4.72 Å². The normalized spacial score (nSPS) is 12.2. The molecule has 0 saturated heterocycles. The van der Waals surface area contributed by atoms with Crippen molar-refractivity contribution in [2.75, 3.05) is 11.9 Å². The van der Waals surface area contributed by atoms with Crippen LogP contribution in [0, 0.1) is 6.92 Å². The van der Waals surface area contributed by atoms with Gasteiger partial charge in [0.05, 0.1) is 4.90 Å². The molecule has 0 heterocycles. The number of nitrogens with one attached hydrogen (secondary N) is 2. The summed E-state index contributed by atoms with van der Waals surface area (Å²) in [5, 5.41) is 2.58. The van der Waals surface area contributed by atoms with Gasteiger partial charge in [0.15, 0.2) is 6.61 Å². The van der Waals surface area contributed by atoms with Crippen molar-refractivity contribution in [1.82, 2.24) is 4.72 Å². The van der Waals surface area contributed by atoms with E-state index in [-0.39, 0.29) is 4.90 Å². The number of carbonyl (C=O) groups excluding carboxylic acids is 2. The first-order valence-electron chi connectivity index (χ1n) is 7.88. The van der Waals surface area contributed by atoms with E-state index in [1.165, 1.54) is 19.1 Å². The van der Waals surface area contributed by atoms with Crippen LogP contribution in [0.1, 0.15) is 12.5 Å². The third-order valence-electron chi connectivity index (χ3n) is 3.42. The standard InChI is InChI=1S/C18H20N2O5S/c1-13-8-10-15(11-9-13)19-17(21)12-25-18(22)14(2)20-26(23,24)16-6-4-3-5-7-16/h3-11,14,20H,12H2,1-2H3,(H,19,21)/t14-/m0/s1. The van der Waals surface area contributed by atoms with Crippen LogP contribution < -0.4 is 10.0 Å². The smallest absolute Gasteiger partial charge is 0.324 e. The van der Waals surface area contributed by atoms with Crippen molar-refractivity contribution in [3.05, 3.63) is 60.2 Å². The van der Waals surface area contributed by atoms with Crippen molar-refractivity contribution in [2.24, 2.45) is 0 Å². The topological polar surface area (TPSA) is 102 Å². The number of anilines is 1. The SMILES string of the molecule is Cc1ccc(NC(=O)COC(=O)[C@H](C)NS(=O)(=O)c2ccccc2)cc1. The van der Waals surface area contributed by atoms with Crippen LogP contribution in [-0.2, 0) is 24.3 Å². The molecule has 0 bridgehead atoms. The van der Waals surface area contributed by atoms with E-state index < -0.39 is 34.5 Å². The van der Waals surface area contributed by atoms with Crippen LogP contribution >= 0.6 is 0 Å². The van der Waals surface area contributed by atoms with Gasteiger partial charge in [0, 0.05) is 5.69 Å². The summed E-state index contributed by atoms with van der Waals surface area (Å²) in [6.45, 7) is 2.76. The van der Waals surface area contributed by atoms with Gasteiger partial charge in [-0.25, -0.2) is 8.42 Å². The van der Waals surface area contributed by atoms with Gasteiger partial charge in [-0.15, -0.1) is 0 Å². The summed E-state index contributed by atoms with van der Waals surface area (Å²) in [5.74, 6) is -1.36. The quantitative estimate of drug-likeness (QED) is 0.718. The van der Waals surface area contributed by atoms with Crippen LogP contribution in [-0.4, -0.2) is 32.9 Å². The van der Waals surface area contributed by atoms with Crippen LogP contribution in [0.2, 0.25) is 0 Å². The Hall–Kier alpha value is -2.71. The lowest BCUT2D eigenvalue weighted by Crippen LogP contribution is -2.40. The number of rotatable bonds is 7. The highest BCUT2D eigenvalue weighted by molar-refractivity contribution is 7.89. The first-order valence-corrected chi connectivity index (χ1v) is 9.37. The van der Waals surface area contributed by atoms with Crippen LogP contribution in [0.25, 0.3) is 0 Å². The van der Waals surface area contributed by atoms with Crippen LogP contribution in [0.4, 0.5) is 5.69 Å². The third-order valence-corrected chi connectivity index (χ3v) is 4.98. The Morgan fingerprint density at radius 1 is 1.04 bits per heavy atom. The van der Waals surface area contributed by atoms with Gasteiger partial charge < -0.3 is 10.1 Å². The fourth-order valence-electron chi connectivity index (χ4n) is 2.04. The monoisotopic (exact) mass is 376 g/mol. The number of esters is 1. The first-order chi connectivity index (χ1) is 12.3. The molecule has 2 aromatic rings. The van der Waals surface area contributed by atoms with Gasteiger partial charge in [-0.05, 0) is 38.1 Å². The summed E-state index contributed by atoms with van der Waals surface area (Å²) in [6, 6.07) is 13.7. The van der Waals surface area contributed by atoms with Gasteiger partial charge in [-0.1, -0.05) is 35.9 Å². The molecule has 0 fully saturated rings. The zero-order chi connectivity index (χ0) is 19.2. The van der Waals surface area contributed by atoms with E-state index in [1.54, 1.807) is 30.3 Å². The van der Waals surface area contributed by atoms with E-state index in [4.69, 9.17) is 4.74 Å². The Bertz CT molecular complexity index is 864. The molecular formula is C18H20N2O5S. The second-order valence-corrected chi connectivity index (χ2v) is 7.39. The number of hydrogen-bond donors (Lipinski definition) is 2. The number of benzene rings is 2. The van der Waals surface area contributed by atoms with E-state index in [9.17, 15) is 18.0 Å². The maximum atomic E-state index is 12.2. The van der Waals surface area contributed by atoms with Gasteiger partial charge in [0.25, 0.3) is 5.91 Å². The summed E-state index contributed by atoms with van der Waals surface area (Å²) in [5.41, 5.74) is 1.63. The van der Waals surface area contributed by atoms with E-state index in [0.717, 1.165) is 5.56 Å². The molecule has 2 rings (SSSR count). The van der Waals surface area contributed by atoms with Gasteiger partial charge in [-0.3, -0.25) is 9.59 Å². The molecule has 7 nitrogen and oxygen atoms in total. The maximum absolute atomic E-state index is 12.2. The van der Waals surface area contributed by atoms with Gasteiger partial charge in [0.1, 0.15) is 6.04 Å². The van der Waals surface area contributed by atoms with Gasteiger partial charge >= 0.3 is 5.97 Å². The molecule has 1 amide bonds. The fraction of sp³-hybridized carbons (Fsp3) is 0.222. The fourth-order valence-corrected chi connectivity index (χ4v) is 3.26. The molecule has 2 aromatic carbocycles. The Morgan fingerprint density at radius 2 is 1.65 bits per heavy atom. The molecule has 26 heavy (non-hydrogen) atoms. The van der Waals surface area contributed by atoms with Crippen LogP contribution in [0.5, 0.6) is 0 Å². The van der Waals surface area contributed by atoms with E-state index in [0.29, 0.717) is 5.69 Å². The van der Waals surface area contributed by atoms with E-state index >= 15 is 0 Å². The molecular weight excluding hydrogens is 356 g/mol. The molecule has 0 aromatic heterocycles. The molecule has 0 saturated carbocycles. The van der Waals surface area contributed by atoms with Gasteiger partial charge in [0.2, 0.25) is 10.0 Å². The summed E-state index contributed by atoms with van der Waals surface area (Å²) in [7, 11) is -3.85. The highest BCUT2D eigenvalue weighted by Crippen LogP contribution is 2.09. The lowest BCUT2D eigenvalue weighted by molar-refractivity contribution is -0.148. The second kappa shape index (κ2) is 8.59. The minimum atomic E-state index is -3.85. The molecule has 138 valence electrons. The summed E-state index contributed by atoms with van der Waals surface area (Å²) < 4.78 is 31.4. The van der Waals surface area contributed by atoms with Crippen LogP contribution in [0.15, 0.2) is 59.5 Å². The molecule has 0 aliphatic carbocycles. The predicted octanol–water partition coefficient (Wildman–Crippen LogP) is 1.84. The Balaban J connectivity index is 1.85. The summed E-state index contributed by atoms with van der Waals surface area (Å²) >= 11 is 0. The summed E-state index contributed by atoms with van der Waals surface area (Å²) in [6.07, 6.45) is 0. The van der Waals surface area contributed by atoms with Crippen molar-refractivity contribution in [3.63, 3.8) is 0 Å². The van der Waals surface area contributed by atoms with E-state index in [1.807, 2.05) is 19.1 Å². The number of amides is 1. The highest BCUT2D eigenvalue weighted by Gasteiger charge is 2.23. The van der Waals surface area contributed by atoms with E-state index in [2.05, 4.69) is 10.0 Å². The zero-order valence-electron chi connectivity index (χ0n) is 14.4. The highest BCUT2D eigenvalue weighted by atomic mass is 32.2. The van der Waals surface area contributed by atoms with Crippen molar-refractivity contribution in [1.29, 1.82) is 0 Å². The zero-order valence-corrected chi connectivity index (χ0v) is 15.2. The molecule has 0 unspecified atom stereocenters. The van der Waals surface area contributed by atoms with Crippen molar-refractivity contribution < 1.29 is 22.7 Å². The predicted molar refractivity (Wildman–Crippen MR) is 97.0 cm³/mol. The van der Waals surface area contributed by atoms with Crippen molar-refractivity contribution in [3.8, 4) is 0 Å². The second-order valence-electron chi connectivity index (χ2n) is 5.68. The van der Waals surface area contributed by atoms with Crippen LogP contribution in [0.3, 0.4) is 0 Å². The van der Waals surface area contributed by atoms with Crippen molar-refractivity contribution >= 4 is 27.6 Å². The minimum Gasteiger partial charge on any atom is -0.454 e. The number of aryl methyl sites for hydroxylation is 1. The number of ether oxygens (including phenoxy) is 1. The molecule has 0 aliphatic heterocycles. The molecule has 0 radical (unpaired) electrons. The average Bonchev–Trinajstić information content (AvgIpc) is 2.62. The average molecular weight is 376 g/mol. The Labute approximate surface area is 152 Å². The minimum absolute atomic E-state index is 0.0387. The molecule has 1 atom stereocenters. The lowest BCUT2D eigenvalue weighted by atomic mass is 10.2. The number of sulfonamides is 1. The Kier molecular flexibility index (Phi) is 6.48. The molecule has 8 heteroatoms. The van der Waals surface area contributed by atoms with Crippen molar-refractivity contribution in [2.45, 2.75) is 24.8 Å². The number of carbonyl (C=O) groups is 2. The third kappa shape index (κ3) is 5.68. The largest absolute Gasteiger partial charge is 0.454 e. The number of hydrogen-bond acceptors (Lipinski definition) is 5. The summed E-state index contributed by atoms with van der Waals surface area (Å²) in [4.78, 5) is 23.8.